The van der Waals surface area contributed by atoms with Gasteiger partial charge in [0.05, 0.1) is 28.7 Å². The topological polar surface area (TPSA) is 84.0 Å². The normalized spacial score (nSPS) is 11.5. The Kier molecular flexibility index (Phi) is 6.89. The van der Waals surface area contributed by atoms with Crippen molar-refractivity contribution in [2.24, 2.45) is 0 Å². The number of hydrogen-bond donors (Lipinski definition) is 2. The van der Waals surface area contributed by atoms with E-state index in [2.05, 4.69) is 20.6 Å². The maximum atomic E-state index is 12.8. The lowest BCUT2D eigenvalue weighted by Gasteiger charge is -2.19. The van der Waals surface area contributed by atoms with Crippen LogP contribution in [0.15, 0.2) is 84.4 Å². The van der Waals surface area contributed by atoms with Gasteiger partial charge in [-0.3, -0.25) is 14.6 Å². The Balaban J connectivity index is 1.48. The Morgan fingerprint density at radius 1 is 0.938 bits per heavy atom. The first-order chi connectivity index (χ1) is 15.6. The minimum atomic E-state index is -0.532. The summed E-state index contributed by atoms with van der Waals surface area (Å²) in [5.41, 5.74) is 2.60. The predicted molar refractivity (Wildman–Crippen MR) is 127 cm³/mol. The maximum absolute atomic E-state index is 12.8. The molecule has 0 saturated carbocycles. The molecule has 2 N–H and O–H groups in total. The minimum absolute atomic E-state index is 0.0404. The SMILES string of the molecule is O=C(C[C@H](NC(=O)c1ccccc1Cl)c1ccccc1)Nc1nc(-c2ccccn2)cs1. The van der Waals surface area contributed by atoms with Gasteiger partial charge < -0.3 is 10.6 Å². The average Bonchev–Trinajstić information content (AvgIpc) is 3.28. The molecule has 0 radical (unpaired) electrons. The third-order valence-electron chi connectivity index (χ3n) is 4.69. The summed E-state index contributed by atoms with van der Waals surface area (Å²) in [6, 6.07) is 21.2. The predicted octanol–water partition coefficient (Wildman–Crippen LogP) is 5.36. The van der Waals surface area contributed by atoms with E-state index in [1.54, 1.807) is 30.5 Å². The molecule has 4 aromatic rings. The summed E-state index contributed by atoms with van der Waals surface area (Å²) in [4.78, 5) is 34.3. The van der Waals surface area contributed by atoms with Crippen molar-refractivity contribution in [3.63, 3.8) is 0 Å². The molecular formula is C24H19ClN4O2S. The Bertz CT molecular complexity index is 1210. The standard InChI is InChI=1S/C24H19ClN4O2S/c25-18-11-5-4-10-17(18)23(31)27-20(16-8-2-1-3-9-16)14-22(30)29-24-28-21(15-32-24)19-12-6-7-13-26-19/h1-13,15,20H,14H2,(H,27,31)(H,28,29,30)/t20-/m0/s1. The average molecular weight is 463 g/mol. The Labute approximate surface area is 194 Å². The Morgan fingerprint density at radius 3 is 2.44 bits per heavy atom. The molecule has 2 aromatic carbocycles. The number of carbonyl (C=O) groups is 2. The quantitative estimate of drug-likeness (QED) is 0.387. The number of halogens is 1. The number of anilines is 1. The molecule has 2 amide bonds. The number of hydrogen-bond acceptors (Lipinski definition) is 5. The van der Waals surface area contributed by atoms with E-state index in [0.29, 0.717) is 21.4 Å². The van der Waals surface area contributed by atoms with E-state index in [1.165, 1.54) is 11.3 Å². The number of amides is 2. The summed E-state index contributed by atoms with van der Waals surface area (Å²) in [5.74, 6) is -0.607. The molecule has 0 aliphatic heterocycles. The van der Waals surface area contributed by atoms with E-state index < -0.39 is 6.04 Å². The lowest BCUT2D eigenvalue weighted by atomic mass is 10.0. The van der Waals surface area contributed by atoms with Gasteiger partial charge in [-0.15, -0.1) is 11.3 Å². The Hall–Kier alpha value is -3.55. The summed E-state index contributed by atoms with van der Waals surface area (Å²) in [7, 11) is 0. The molecule has 6 nitrogen and oxygen atoms in total. The highest BCUT2D eigenvalue weighted by atomic mass is 35.5. The second-order valence-electron chi connectivity index (χ2n) is 6.92. The zero-order valence-corrected chi connectivity index (χ0v) is 18.4. The fourth-order valence-electron chi connectivity index (χ4n) is 3.14. The van der Waals surface area contributed by atoms with Crippen LogP contribution in [0.4, 0.5) is 5.13 Å². The van der Waals surface area contributed by atoms with Crippen molar-refractivity contribution in [1.29, 1.82) is 0 Å². The van der Waals surface area contributed by atoms with Crippen LogP contribution in [0.2, 0.25) is 5.02 Å². The molecule has 0 fully saturated rings. The smallest absolute Gasteiger partial charge is 0.253 e. The van der Waals surface area contributed by atoms with Gasteiger partial charge in [-0.2, -0.15) is 0 Å². The fourth-order valence-corrected chi connectivity index (χ4v) is 4.08. The summed E-state index contributed by atoms with van der Waals surface area (Å²) in [6.45, 7) is 0. The van der Waals surface area contributed by atoms with Crippen LogP contribution in [0.5, 0.6) is 0 Å². The van der Waals surface area contributed by atoms with Crippen molar-refractivity contribution in [1.82, 2.24) is 15.3 Å². The van der Waals surface area contributed by atoms with Crippen LogP contribution in [0.1, 0.15) is 28.4 Å². The number of nitrogens with zero attached hydrogens (tertiary/aromatic N) is 2. The maximum Gasteiger partial charge on any atom is 0.253 e. The molecule has 0 bridgehead atoms. The third kappa shape index (κ3) is 5.38. The van der Waals surface area contributed by atoms with Crippen LogP contribution in [0.25, 0.3) is 11.4 Å². The molecule has 0 unspecified atom stereocenters. The molecule has 2 aromatic heterocycles. The van der Waals surface area contributed by atoms with Crippen molar-refractivity contribution in [3.05, 3.63) is 101 Å². The molecule has 160 valence electrons. The number of nitrogens with one attached hydrogen (secondary N) is 2. The minimum Gasteiger partial charge on any atom is -0.345 e. The van der Waals surface area contributed by atoms with Crippen LogP contribution < -0.4 is 10.6 Å². The second-order valence-corrected chi connectivity index (χ2v) is 8.19. The number of aromatic nitrogens is 2. The van der Waals surface area contributed by atoms with E-state index in [9.17, 15) is 9.59 Å². The van der Waals surface area contributed by atoms with Gasteiger partial charge >= 0.3 is 0 Å². The van der Waals surface area contributed by atoms with Gasteiger partial charge in [0, 0.05) is 11.6 Å². The van der Waals surface area contributed by atoms with Crippen molar-refractivity contribution in [2.75, 3.05) is 5.32 Å². The monoisotopic (exact) mass is 462 g/mol. The highest BCUT2D eigenvalue weighted by Crippen LogP contribution is 2.25. The molecule has 0 saturated heterocycles. The number of thiazole rings is 1. The number of carbonyl (C=O) groups excluding carboxylic acids is 2. The summed E-state index contributed by atoms with van der Waals surface area (Å²) >= 11 is 7.48. The van der Waals surface area contributed by atoms with Gasteiger partial charge in [-0.05, 0) is 29.8 Å². The van der Waals surface area contributed by atoms with Crippen LogP contribution in [0.3, 0.4) is 0 Å². The molecule has 8 heteroatoms. The van der Waals surface area contributed by atoms with Gasteiger partial charge in [0.25, 0.3) is 5.91 Å². The summed E-state index contributed by atoms with van der Waals surface area (Å²) < 4.78 is 0. The first-order valence-electron chi connectivity index (χ1n) is 9.87. The van der Waals surface area contributed by atoms with Gasteiger partial charge in [-0.25, -0.2) is 4.98 Å². The van der Waals surface area contributed by atoms with E-state index in [0.717, 1.165) is 11.3 Å². The lowest BCUT2D eigenvalue weighted by molar-refractivity contribution is -0.116. The molecule has 2 heterocycles. The highest BCUT2D eigenvalue weighted by molar-refractivity contribution is 7.14. The van der Waals surface area contributed by atoms with Crippen molar-refractivity contribution in [2.45, 2.75) is 12.5 Å². The van der Waals surface area contributed by atoms with Gasteiger partial charge in [0.15, 0.2) is 5.13 Å². The number of benzene rings is 2. The zero-order valence-electron chi connectivity index (χ0n) is 16.9. The molecular weight excluding hydrogens is 444 g/mol. The van der Waals surface area contributed by atoms with Crippen LogP contribution in [-0.2, 0) is 4.79 Å². The van der Waals surface area contributed by atoms with Gasteiger partial charge in [0.1, 0.15) is 5.69 Å². The van der Waals surface area contributed by atoms with Crippen LogP contribution in [0, 0.1) is 0 Å². The summed E-state index contributed by atoms with van der Waals surface area (Å²) in [6.07, 6.45) is 1.73. The zero-order chi connectivity index (χ0) is 22.3. The van der Waals surface area contributed by atoms with Gasteiger partial charge in [0.2, 0.25) is 5.91 Å². The van der Waals surface area contributed by atoms with Crippen molar-refractivity contribution >= 4 is 39.9 Å². The van der Waals surface area contributed by atoms with Gasteiger partial charge in [-0.1, -0.05) is 60.1 Å². The second kappa shape index (κ2) is 10.2. The van der Waals surface area contributed by atoms with Crippen LogP contribution in [-0.4, -0.2) is 21.8 Å². The van der Waals surface area contributed by atoms with E-state index in [4.69, 9.17) is 11.6 Å². The fraction of sp³-hybridized carbons (Fsp3) is 0.0833. The molecule has 4 rings (SSSR count). The van der Waals surface area contributed by atoms with E-state index in [1.807, 2.05) is 53.9 Å². The highest BCUT2D eigenvalue weighted by Gasteiger charge is 2.21. The third-order valence-corrected chi connectivity index (χ3v) is 5.78. The molecule has 0 aliphatic rings. The van der Waals surface area contributed by atoms with Crippen molar-refractivity contribution < 1.29 is 9.59 Å². The molecule has 0 aliphatic carbocycles. The number of rotatable bonds is 7. The van der Waals surface area contributed by atoms with Crippen LogP contribution >= 0.6 is 22.9 Å². The molecule has 1 atom stereocenters. The first-order valence-corrected chi connectivity index (χ1v) is 11.1. The first kappa shape index (κ1) is 21.7. The Morgan fingerprint density at radius 2 is 1.69 bits per heavy atom. The lowest BCUT2D eigenvalue weighted by Crippen LogP contribution is -2.31. The number of pyridine rings is 1. The molecule has 0 spiro atoms. The largest absolute Gasteiger partial charge is 0.345 e. The van der Waals surface area contributed by atoms with Crippen molar-refractivity contribution in [3.8, 4) is 11.4 Å². The molecule has 32 heavy (non-hydrogen) atoms. The summed E-state index contributed by atoms with van der Waals surface area (Å²) in [5, 5.41) is 8.41. The van der Waals surface area contributed by atoms with E-state index in [-0.39, 0.29) is 18.2 Å². The van der Waals surface area contributed by atoms with E-state index >= 15 is 0 Å².